The van der Waals surface area contributed by atoms with Crippen LogP contribution >= 0.6 is 0 Å². The monoisotopic (exact) mass is 390 g/mol. The van der Waals surface area contributed by atoms with Crippen molar-refractivity contribution in [1.82, 2.24) is 14.9 Å². The molecule has 2 aromatic carbocycles. The summed E-state index contributed by atoms with van der Waals surface area (Å²) in [5.74, 6) is 0.326. The lowest BCUT2D eigenvalue weighted by molar-refractivity contribution is 0.0705. The largest absolute Gasteiger partial charge is 0.338 e. The molecular weight excluding hydrogens is 367 g/mol. The Morgan fingerprint density at radius 1 is 1.17 bits per heavy atom. The van der Waals surface area contributed by atoms with Crippen molar-refractivity contribution in [2.45, 2.75) is 25.7 Å². The number of hydrogen-bond acceptors (Lipinski definition) is 4. The van der Waals surface area contributed by atoms with Crippen LogP contribution in [0.4, 0.5) is 16.0 Å². The molecule has 0 saturated carbocycles. The summed E-state index contributed by atoms with van der Waals surface area (Å²) >= 11 is 0. The molecule has 1 N–H and O–H groups in total. The van der Waals surface area contributed by atoms with Gasteiger partial charge in [0.05, 0.1) is 5.69 Å². The predicted molar refractivity (Wildman–Crippen MR) is 111 cm³/mol. The van der Waals surface area contributed by atoms with Crippen LogP contribution in [0.3, 0.4) is 0 Å². The third kappa shape index (κ3) is 4.42. The molecule has 0 radical (unpaired) electrons. The zero-order valence-electron chi connectivity index (χ0n) is 16.3. The van der Waals surface area contributed by atoms with E-state index in [0.29, 0.717) is 18.2 Å². The Morgan fingerprint density at radius 3 is 2.86 bits per heavy atom. The van der Waals surface area contributed by atoms with Gasteiger partial charge < -0.3 is 10.2 Å². The zero-order chi connectivity index (χ0) is 20.2. The number of aromatic nitrogens is 2. The minimum atomic E-state index is -0.316. The van der Waals surface area contributed by atoms with Crippen LogP contribution in [-0.4, -0.2) is 33.9 Å². The van der Waals surface area contributed by atoms with Crippen LogP contribution in [0.15, 0.2) is 60.8 Å². The number of halogens is 1. The van der Waals surface area contributed by atoms with E-state index in [0.717, 1.165) is 36.2 Å². The molecular formula is C23H23FN4O. The summed E-state index contributed by atoms with van der Waals surface area (Å²) < 4.78 is 13.4. The lowest BCUT2D eigenvalue weighted by Gasteiger charge is -2.33. The maximum absolute atomic E-state index is 13.4. The molecule has 5 nitrogen and oxygen atoms in total. The summed E-state index contributed by atoms with van der Waals surface area (Å²) in [6, 6.07) is 15.8. The average Bonchev–Trinajstić information content (AvgIpc) is 2.74. The molecule has 2 heterocycles. The maximum Gasteiger partial charge on any atom is 0.254 e. The van der Waals surface area contributed by atoms with Crippen LogP contribution < -0.4 is 5.32 Å². The van der Waals surface area contributed by atoms with Gasteiger partial charge in [0.25, 0.3) is 5.91 Å². The Balaban J connectivity index is 1.50. The molecule has 29 heavy (non-hydrogen) atoms. The van der Waals surface area contributed by atoms with Crippen molar-refractivity contribution < 1.29 is 9.18 Å². The molecule has 0 aliphatic carbocycles. The summed E-state index contributed by atoms with van der Waals surface area (Å²) in [4.78, 5) is 23.8. The molecule has 0 bridgehead atoms. The van der Waals surface area contributed by atoms with Gasteiger partial charge in [0.2, 0.25) is 5.95 Å². The van der Waals surface area contributed by atoms with Crippen LogP contribution in [0.25, 0.3) is 0 Å². The summed E-state index contributed by atoms with van der Waals surface area (Å²) in [6.45, 7) is 3.34. The minimum absolute atomic E-state index is 0.0694. The fraction of sp³-hybridized carbons (Fsp3) is 0.261. The lowest BCUT2D eigenvalue weighted by atomic mass is 9.93. The Bertz CT molecular complexity index is 1020. The topological polar surface area (TPSA) is 58.1 Å². The number of carbonyl (C=O) groups excluding carboxylic acids is 1. The molecule has 6 heteroatoms. The molecule has 4 rings (SSSR count). The molecule has 1 aliphatic rings. The minimum Gasteiger partial charge on any atom is -0.338 e. The van der Waals surface area contributed by atoms with Gasteiger partial charge in [-0.25, -0.2) is 14.4 Å². The van der Waals surface area contributed by atoms with Crippen LogP contribution in [0.1, 0.15) is 40.4 Å². The van der Waals surface area contributed by atoms with Gasteiger partial charge in [0.15, 0.2) is 0 Å². The van der Waals surface area contributed by atoms with Gasteiger partial charge >= 0.3 is 0 Å². The molecule has 1 atom stereocenters. The fourth-order valence-corrected chi connectivity index (χ4v) is 3.74. The van der Waals surface area contributed by atoms with Crippen LogP contribution in [0.2, 0.25) is 0 Å². The number of benzene rings is 2. The fourth-order valence-electron chi connectivity index (χ4n) is 3.74. The van der Waals surface area contributed by atoms with E-state index in [1.165, 1.54) is 12.1 Å². The van der Waals surface area contributed by atoms with Gasteiger partial charge in [-0.1, -0.05) is 24.3 Å². The smallest absolute Gasteiger partial charge is 0.254 e. The molecule has 1 amide bonds. The second-order valence-corrected chi connectivity index (χ2v) is 7.35. The second-order valence-electron chi connectivity index (χ2n) is 7.35. The maximum atomic E-state index is 13.4. The molecule has 1 fully saturated rings. The number of nitrogens with zero attached hydrogens (tertiary/aromatic N) is 3. The number of likely N-dealkylation sites (tertiary alicyclic amines) is 1. The van der Waals surface area contributed by atoms with Crippen molar-refractivity contribution in [3.05, 3.63) is 83.4 Å². The Labute approximate surface area is 169 Å². The van der Waals surface area contributed by atoms with E-state index in [9.17, 15) is 9.18 Å². The number of aryl methyl sites for hydroxylation is 1. The quantitative estimate of drug-likeness (QED) is 0.702. The van der Waals surface area contributed by atoms with Crippen molar-refractivity contribution in [3.63, 3.8) is 0 Å². The van der Waals surface area contributed by atoms with Crippen molar-refractivity contribution in [1.29, 1.82) is 0 Å². The van der Waals surface area contributed by atoms with Crippen molar-refractivity contribution in [2.24, 2.45) is 0 Å². The van der Waals surface area contributed by atoms with Gasteiger partial charge in [0, 0.05) is 36.5 Å². The van der Waals surface area contributed by atoms with E-state index in [2.05, 4.69) is 15.3 Å². The average molecular weight is 390 g/mol. The standard InChI is InChI=1S/C23H23FN4O/c1-16-6-2-3-10-20(16)22(29)28-13-5-7-17(15-28)21-11-12-25-23(27-21)26-19-9-4-8-18(24)14-19/h2-4,6,8-12,14,17H,5,7,13,15H2,1H3,(H,25,26,27)/t17-/m1/s1. The molecule has 1 aromatic heterocycles. The second kappa shape index (κ2) is 8.39. The van der Waals surface area contributed by atoms with Crippen LogP contribution in [-0.2, 0) is 0 Å². The summed E-state index contributed by atoms with van der Waals surface area (Å²) in [7, 11) is 0. The van der Waals surface area contributed by atoms with Crippen molar-refractivity contribution >= 4 is 17.5 Å². The molecule has 1 saturated heterocycles. The highest BCUT2D eigenvalue weighted by molar-refractivity contribution is 5.95. The van der Waals surface area contributed by atoms with E-state index in [1.54, 1.807) is 18.3 Å². The SMILES string of the molecule is Cc1ccccc1C(=O)N1CCC[C@@H](c2ccnc(Nc3cccc(F)c3)n2)C1. The van der Waals surface area contributed by atoms with Crippen molar-refractivity contribution in [3.8, 4) is 0 Å². The summed E-state index contributed by atoms with van der Waals surface area (Å²) in [5, 5.41) is 3.05. The first kappa shape index (κ1) is 19.1. The van der Waals surface area contributed by atoms with E-state index < -0.39 is 0 Å². The molecule has 0 spiro atoms. The lowest BCUT2D eigenvalue weighted by Crippen LogP contribution is -2.39. The first-order valence-corrected chi connectivity index (χ1v) is 9.80. The highest BCUT2D eigenvalue weighted by Gasteiger charge is 2.27. The van der Waals surface area contributed by atoms with E-state index in [-0.39, 0.29) is 17.6 Å². The molecule has 3 aromatic rings. The number of piperidine rings is 1. The number of hydrogen-bond donors (Lipinski definition) is 1. The molecule has 0 unspecified atom stereocenters. The number of carbonyl (C=O) groups is 1. The first-order valence-electron chi connectivity index (χ1n) is 9.80. The highest BCUT2D eigenvalue weighted by atomic mass is 19.1. The van der Waals surface area contributed by atoms with Gasteiger partial charge in [-0.3, -0.25) is 4.79 Å². The molecule has 148 valence electrons. The number of nitrogens with one attached hydrogen (secondary N) is 1. The van der Waals surface area contributed by atoms with Gasteiger partial charge in [0.1, 0.15) is 5.82 Å². The summed E-state index contributed by atoms with van der Waals surface area (Å²) in [6.07, 6.45) is 3.60. The number of anilines is 2. The third-order valence-corrected chi connectivity index (χ3v) is 5.26. The van der Waals surface area contributed by atoms with E-state index in [1.807, 2.05) is 42.2 Å². The van der Waals surface area contributed by atoms with Gasteiger partial charge in [-0.05, 0) is 55.7 Å². The Hall–Kier alpha value is -3.28. The summed E-state index contributed by atoms with van der Waals surface area (Å²) in [5.41, 5.74) is 3.23. The number of rotatable bonds is 4. The Morgan fingerprint density at radius 2 is 2.03 bits per heavy atom. The third-order valence-electron chi connectivity index (χ3n) is 5.26. The van der Waals surface area contributed by atoms with Crippen LogP contribution in [0.5, 0.6) is 0 Å². The van der Waals surface area contributed by atoms with Crippen LogP contribution in [0, 0.1) is 12.7 Å². The van der Waals surface area contributed by atoms with E-state index in [4.69, 9.17) is 0 Å². The Kier molecular flexibility index (Phi) is 5.51. The first-order chi connectivity index (χ1) is 14.1. The number of amides is 1. The van der Waals surface area contributed by atoms with Gasteiger partial charge in [-0.15, -0.1) is 0 Å². The zero-order valence-corrected chi connectivity index (χ0v) is 16.3. The van der Waals surface area contributed by atoms with E-state index >= 15 is 0 Å². The van der Waals surface area contributed by atoms with Gasteiger partial charge in [-0.2, -0.15) is 0 Å². The normalized spacial score (nSPS) is 16.5. The predicted octanol–water partition coefficient (Wildman–Crippen LogP) is 4.69. The molecule has 1 aliphatic heterocycles. The highest BCUT2D eigenvalue weighted by Crippen LogP contribution is 2.28. The van der Waals surface area contributed by atoms with Crippen molar-refractivity contribution in [2.75, 3.05) is 18.4 Å².